The van der Waals surface area contributed by atoms with Crippen LogP contribution in [0.4, 0.5) is 15.2 Å². The van der Waals surface area contributed by atoms with Crippen LogP contribution in [0, 0.1) is 5.82 Å². The second kappa shape index (κ2) is 10.6. The van der Waals surface area contributed by atoms with E-state index in [1.54, 1.807) is 31.2 Å². The lowest BCUT2D eigenvalue weighted by molar-refractivity contribution is 0.100. The Hall–Kier alpha value is -2.85. The number of benzene rings is 1. The standard InChI is InChI=1S/C23H27FN4O3S/c1-14(30)10-15-6-7-17(19(24)11-15)20-12-18(22(25)31)23(32-20)27-21-5-3-4-16(26-21)13-28(2)8-9-29/h3-7,11-12,14,29-30H,8-10,13H2,1-2H3,(H2,25,31)(H,26,27). The molecule has 2 heterocycles. The lowest BCUT2D eigenvalue weighted by Gasteiger charge is -2.15. The highest BCUT2D eigenvalue weighted by Crippen LogP contribution is 2.38. The summed E-state index contributed by atoms with van der Waals surface area (Å²) in [6, 6.07) is 11.9. The molecule has 3 rings (SSSR count). The van der Waals surface area contributed by atoms with Crippen molar-refractivity contribution in [2.75, 3.05) is 25.5 Å². The van der Waals surface area contributed by atoms with Crippen LogP contribution in [0.15, 0.2) is 42.5 Å². The first-order valence-electron chi connectivity index (χ1n) is 10.2. The Balaban J connectivity index is 1.87. The van der Waals surface area contributed by atoms with Crippen molar-refractivity contribution in [3.8, 4) is 10.4 Å². The number of aliphatic hydroxyl groups is 2. The van der Waals surface area contributed by atoms with Crippen molar-refractivity contribution in [3.63, 3.8) is 0 Å². The van der Waals surface area contributed by atoms with Gasteiger partial charge in [-0.3, -0.25) is 9.69 Å². The fraction of sp³-hybridized carbons (Fsp3) is 0.304. The average molecular weight is 459 g/mol. The van der Waals surface area contributed by atoms with Crippen molar-refractivity contribution in [1.29, 1.82) is 0 Å². The van der Waals surface area contributed by atoms with Gasteiger partial charge in [0.05, 0.1) is 24.0 Å². The molecule has 1 amide bonds. The number of anilines is 2. The predicted molar refractivity (Wildman–Crippen MR) is 125 cm³/mol. The molecule has 32 heavy (non-hydrogen) atoms. The van der Waals surface area contributed by atoms with E-state index in [1.165, 1.54) is 17.4 Å². The Morgan fingerprint density at radius 1 is 1.31 bits per heavy atom. The number of carbonyl (C=O) groups excluding carboxylic acids is 1. The first-order chi connectivity index (χ1) is 15.3. The summed E-state index contributed by atoms with van der Waals surface area (Å²) < 4.78 is 14.7. The van der Waals surface area contributed by atoms with Crippen molar-refractivity contribution in [3.05, 3.63) is 65.1 Å². The van der Waals surface area contributed by atoms with Crippen LogP contribution in [0.1, 0.15) is 28.5 Å². The van der Waals surface area contributed by atoms with Gasteiger partial charge in [-0.1, -0.05) is 18.2 Å². The summed E-state index contributed by atoms with van der Waals surface area (Å²) >= 11 is 1.21. The van der Waals surface area contributed by atoms with Crippen LogP contribution >= 0.6 is 11.3 Å². The molecule has 0 fully saturated rings. The quantitative estimate of drug-likeness (QED) is 0.371. The van der Waals surface area contributed by atoms with Gasteiger partial charge in [0.25, 0.3) is 5.91 Å². The number of likely N-dealkylation sites (N-methyl/N-ethyl adjacent to an activating group) is 1. The van der Waals surface area contributed by atoms with Gasteiger partial charge < -0.3 is 21.3 Å². The maximum absolute atomic E-state index is 14.7. The lowest BCUT2D eigenvalue weighted by Crippen LogP contribution is -2.22. The van der Waals surface area contributed by atoms with Gasteiger partial charge in [-0.2, -0.15) is 0 Å². The molecule has 1 unspecified atom stereocenters. The maximum atomic E-state index is 14.7. The Kier molecular flexibility index (Phi) is 7.92. The van der Waals surface area contributed by atoms with Crippen molar-refractivity contribution in [1.82, 2.24) is 9.88 Å². The summed E-state index contributed by atoms with van der Waals surface area (Å²) in [4.78, 5) is 19.1. The zero-order chi connectivity index (χ0) is 23.3. The number of hydrogen-bond donors (Lipinski definition) is 4. The predicted octanol–water partition coefficient (Wildman–Crippen LogP) is 3.14. The van der Waals surface area contributed by atoms with Crippen LogP contribution in [0.2, 0.25) is 0 Å². The minimum atomic E-state index is -0.625. The number of pyridine rings is 1. The van der Waals surface area contributed by atoms with Gasteiger partial charge in [0, 0.05) is 23.5 Å². The van der Waals surface area contributed by atoms with E-state index in [0.717, 1.165) is 5.69 Å². The highest BCUT2D eigenvalue weighted by Gasteiger charge is 2.18. The monoisotopic (exact) mass is 458 g/mol. The number of carbonyl (C=O) groups is 1. The number of thiophene rings is 1. The Morgan fingerprint density at radius 3 is 2.75 bits per heavy atom. The number of rotatable bonds is 10. The summed E-state index contributed by atoms with van der Waals surface area (Å²) in [5, 5.41) is 22.2. The number of halogens is 1. The molecular weight excluding hydrogens is 431 g/mol. The summed E-state index contributed by atoms with van der Waals surface area (Å²) in [6.45, 7) is 2.79. The van der Waals surface area contributed by atoms with Crippen molar-refractivity contribution in [2.24, 2.45) is 5.73 Å². The second-order valence-electron chi connectivity index (χ2n) is 7.69. The van der Waals surface area contributed by atoms with Crippen molar-refractivity contribution < 1.29 is 19.4 Å². The van der Waals surface area contributed by atoms with Crippen molar-refractivity contribution >= 4 is 28.1 Å². The maximum Gasteiger partial charge on any atom is 0.251 e. The number of primary amides is 1. The molecule has 0 bridgehead atoms. The zero-order valence-electron chi connectivity index (χ0n) is 18.0. The molecule has 0 aliphatic carbocycles. The molecule has 9 heteroatoms. The molecule has 0 saturated carbocycles. The number of nitrogens with two attached hydrogens (primary N) is 1. The topological polar surface area (TPSA) is 112 Å². The third-order valence-corrected chi connectivity index (χ3v) is 5.87. The SMILES string of the molecule is CC(O)Cc1ccc(-c2cc(C(N)=O)c(Nc3cccc(CN(C)CCO)n3)s2)c(F)c1. The molecular formula is C23H27FN4O3S. The van der Waals surface area contributed by atoms with Crippen LogP contribution in [0.25, 0.3) is 10.4 Å². The Morgan fingerprint density at radius 2 is 2.09 bits per heavy atom. The van der Waals surface area contributed by atoms with E-state index in [1.807, 2.05) is 24.1 Å². The minimum absolute atomic E-state index is 0.0605. The van der Waals surface area contributed by atoms with Crippen LogP contribution in [0.3, 0.4) is 0 Å². The van der Waals surface area contributed by atoms with E-state index >= 15 is 0 Å². The summed E-state index contributed by atoms with van der Waals surface area (Å²) in [5.74, 6) is -0.525. The highest BCUT2D eigenvalue weighted by atomic mass is 32.1. The number of nitrogens with zero attached hydrogens (tertiary/aromatic N) is 2. The molecule has 7 nitrogen and oxygen atoms in total. The van der Waals surface area contributed by atoms with Gasteiger partial charge in [0.2, 0.25) is 0 Å². The normalized spacial score (nSPS) is 12.2. The first-order valence-corrected chi connectivity index (χ1v) is 11.0. The second-order valence-corrected chi connectivity index (χ2v) is 8.74. The summed E-state index contributed by atoms with van der Waals surface area (Å²) in [5.41, 5.74) is 7.65. The number of aliphatic hydroxyl groups excluding tert-OH is 2. The van der Waals surface area contributed by atoms with Gasteiger partial charge in [0.15, 0.2) is 0 Å². The Bertz CT molecular complexity index is 1090. The van der Waals surface area contributed by atoms with E-state index < -0.39 is 17.8 Å². The molecule has 0 aliphatic rings. The molecule has 2 aromatic heterocycles. The van der Waals surface area contributed by atoms with E-state index in [0.29, 0.717) is 46.3 Å². The Labute approximate surface area is 190 Å². The first kappa shape index (κ1) is 23.8. The van der Waals surface area contributed by atoms with Gasteiger partial charge in [-0.15, -0.1) is 11.3 Å². The van der Waals surface area contributed by atoms with Gasteiger partial charge in [0.1, 0.15) is 16.6 Å². The minimum Gasteiger partial charge on any atom is -0.395 e. The van der Waals surface area contributed by atoms with E-state index in [-0.39, 0.29) is 12.2 Å². The number of amides is 1. The molecule has 170 valence electrons. The van der Waals surface area contributed by atoms with Gasteiger partial charge in [-0.25, -0.2) is 9.37 Å². The zero-order valence-corrected chi connectivity index (χ0v) is 18.8. The summed E-state index contributed by atoms with van der Waals surface area (Å²) in [7, 11) is 1.88. The van der Waals surface area contributed by atoms with Crippen LogP contribution in [0.5, 0.6) is 0 Å². The van der Waals surface area contributed by atoms with Gasteiger partial charge in [-0.05, 0) is 50.2 Å². The molecule has 0 aliphatic heterocycles. The van der Waals surface area contributed by atoms with Crippen LogP contribution in [-0.2, 0) is 13.0 Å². The smallest absolute Gasteiger partial charge is 0.251 e. The molecule has 0 radical (unpaired) electrons. The van der Waals surface area contributed by atoms with Crippen LogP contribution < -0.4 is 11.1 Å². The molecule has 0 spiro atoms. The average Bonchev–Trinajstić information content (AvgIpc) is 3.11. The summed E-state index contributed by atoms with van der Waals surface area (Å²) in [6.07, 6.45) is -0.206. The third kappa shape index (κ3) is 6.10. The van der Waals surface area contributed by atoms with E-state index in [4.69, 9.17) is 10.8 Å². The number of hydrogen-bond acceptors (Lipinski definition) is 7. The van der Waals surface area contributed by atoms with E-state index in [9.17, 15) is 14.3 Å². The van der Waals surface area contributed by atoms with Gasteiger partial charge >= 0.3 is 0 Å². The molecule has 1 atom stereocenters. The molecule has 1 aromatic carbocycles. The fourth-order valence-electron chi connectivity index (χ4n) is 3.31. The molecule has 0 saturated heterocycles. The largest absolute Gasteiger partial charge is 0.395 e. The highest BCUT2D eigenvalue weighted by molar-refractivity contribution is 7.19. The number of nitrogens with one attached hydrogen (secondary N) is 1. The van der Waals surface area contributed by atoms with Crippen LogP contribution in [-0.4, -0.2) is 52.3 Å². The third-order valence-electron chi connectivity index (χ3n) is 4.79. The molecule has 5 N–H and O–H groups in total. The van der Waals surface area contributed by atoms with E-state index in [2.05, 4.69) is 10.3 Å². The number of aromatic nitrogens is 1. The molecule has 3 aromatic rings. The van der Waals surface area contributed by atoms with Crippen molar-refractivity contribution in [2.45, 2.75) is 26.0 Å². The lowest BCUT2D eigenvalue weighted by atomic mass is 10.0. The fourth-order valence-corrected chi connectivity index (χ4v) is 4.40.